The van der Waals surface area contributed by atoms with Gasteiger partial charge in [-0.1, -0.05) is 344 Å². The zero-order valence-corrected chi connectivity index (χ0v) is 56.9. The molecule has 496 valence electrons. The molecule has 88 heavy (non-hydrogen) atoms. The molecule has 0 saturated carbocycles. The predicted molar refractivity (Wildman–Crippen MR) is 389 cm³/mol. The topological polar surface area (TPSA) is 72.8 Å². The van der Waals surface area contributed by atoms with Crippen molar-refractivity contribution in [2.75, 3.05) is 13.2 Å². The van der Waals surface area contributed by atoms with Crippen molar-refractivity contribution in [1.82, 2.24) is 0 Å². The van der Waals surface area contributed by atoms with E-state index in [1.165, 1.54) is 128 Å². The van der Waals surface area contributed by atoms with Gasteiger partial charge in [0.05, 0.1) is 6.61 Å². The first-order chi connectivity index (χ1) is 43.6. The fourth-order valence-electron chi connectivity index (χ4n) is 9.85. The van der Waals surface area contributed by atoms with Crippen molar-refractivity contribution in [3.8, 4) is 0 Å². The molecule has 1 unspecified atom stereocenters. The fraction of sp³-hybridized carbons (Fsp3) is 0.614. The first-order valence-electron chi connectivity index (χ1n) is 36.3. The molecule has 0 aromatic carbocycles. The normalized spacial score (nSPS) is 13.4. The second kappa shape index (κ2) is 76.2. The van der Waals surface area contributed by atoms with Crippen molar-refractivity contribution in [2.24, 2.45) is 0 Å². The van der Waals surface area contributed by atoms with Gasteiger partial charge in [0.2, 0.25) is 0 Å². The number of ether oxygens (including phenoxy) is 2. The van der Waals surface area contributed by atoms with Gasteiger partial charge in [-0.15, -0.1) is 0 Å². The second-order valence-corrected chi connectivity index (χ2v) is 23.6. The van der Waals surface area contributed by atoms with Gasteiger partial charge in [-0.2, -0.15) is 0 Å². The summed E-state index contributed by atoms with van der Waals surface area (Å²) in [6, 6.07) is 0. The summed E-state index contributed by atoms with van der Waals surface area (Å²) in [5, 5.41) is 9.71. The third-order valence-electron chi connectivity index (χ3n) is 15.2. The number of carbonyl (C=O) groups is 2. The van der Waals surface area contributed by atoms with Gasteiger partial charge in [-0.05, 0) is 135 Å². The maximum absolute atomic E-state index is 12.4. The predicted octanol–water partition coefficient (Wildman–Crippen LogP) is 25.8. The first-order valence-corrected chi connectivity index (χ1v) is 36.3. The van der Waals surface area contributed by atoms with Crippen molar-refractivity contribution in [2.45, 2.75) is 315 Å². The van der Waals surface area contributed by atoms with E-state index in [0.717, 1.165) is 154 Å². The smallest absolute Gasteiger partial charge is 0.306 e. The summed E-state index contributed by atoms with van der Waals surface area (Å²) in [7, 11) is 0. The number of carbonyl (C=O) groups excluding carboxylic acids is 2. The molecule has 0 rings (SSSR count). The average molecular weight is 1210 g/mol. The number of aliphatic hydroxyl groups is 1. The molecule has 0 aromatic heterocycles. The lowest BCUT2D eigenvalue weighted by molar-refractivity contribution is -0.161. The molecular weight excluding hydrogens is 1080 g/mol. The van der Waals surface area contributed by atoms with E-state index in [0.29, 0.717) is 12.8 Å². The molecule has 0 aliphatic rings. The van der Waals surface area contributed by atoms with Gasteiger partial charge in [0.1, 0.15) is 6.61 Å². The Morgan fingerprint density at radius 1 is 0.261 bits per heavy atom. The van der Waals surface area contributed by atoms with Crippen LogP contribution < -0.4 is 0 Å². The van der Waals surface area contributed by atoms with Crippen LogP contribution in [-0.4, -0.2) is 36.4 Å². The summed E-state index contributed by atoms with van der Waals surface area (Å²) in [5.41, 5.74) is 0. The van der Waals surface area contributed by atoms with E-state index in [-0.39, 0.29) is 25.2 Å². The zero-order valence-electron chi connectivity index (χ0n) is 56.9. The Hall–Kier alpha value is -5.00. The van der Waals surface area contributed by atoms with Crippen molar-refractivity contribution in [3.63, 3.8) is 0 Å². The van der Waals surface area contributed by atoms with Crippen LogP contribution in [0, 0.1) is 0 Å². The number of hydrogen-bond acceptors (Lipinski definition) is 5. The molecule has 1 N–H and O–H groups in total. The summed E-state index contributed by atoms with van der Waals surface area (Å²) in [6.07, 6.45) is 119. The van der Waals surface area contributed by atoms with Gasteiger partial charge < -0.3 is 14.6 Å². The third-order valence-corrected chi connectivity index (χ3v) is 15.2. The summed E-state index contributed by atoms with van der Waals surface area (Å²) in [6.45, 7) is 3.91. The van der Waals surface area contributed by atoms with Crippen LogP contribution in [0.4, 0.5) is 0 Å². The van der Waals surface area contributed by atoms with Crippen LogP contribution >= 0.6 is 0 Å². The van der Waals surface area contributed by atoms with E-state index in [2.05, 4.69) is 196 Å². The van der Waals surface area contributed by atoms with E-state index >= 15 is 0 Å². The molecule has 0 fully saturated rings. The van der Waals surface area contributed by atoms with E-state index in [4.69, 9.17) is 9.47 Å². The largest absolute Gasteiger partial charge is 0.462 e. The molecule has 0 saturated heterocycles. The molecule has 1 atom stereocenters. The Morgan fingerprint density at radius 3 is 0.682 bits per heavy atom. The highest BCUT2D eigenvalue weighted by Crippen LogP contribution is 2.17. The Kier molecular flexibility index (Phi) is 71.9. The first kappa shape index (κ1) is 83.0. The lowest BCUT2D eigenvalue weighted by atomic mass is 10.0. The highest BCUT2D eigenvalue weighted by molar-refractivity contribution is 5.70. The highest BCUT2D eigenvalue weighted by Gasteiger charge is 2.16. The lowest BCUT2D eigenvalue weighted by Crippen LogP contribution is -2.28. The molecule has 5 heteroatoms. The molecule has 5 nitrogen and oxygen atoms in total. The molecular formula is C83H134O5. The molecule has 0 aliphatic heterocycles. The Balaban J connectivity index is 3.53. The third kappa shape index (κ3) is 73.5. The summed E-state index contributed by atoms with van der Waals surface area (Å²) in [5.74, 6) is -0.614. The van der Waals surface area contributed by atoms with E-state index in [1.54, 1.807) is 0 Å². The van der Waals surface area contributed by atoms with E-state index in [1.807, 2.05) is 0 Å². The fourth-order valence-corrected chi connectivity index (χ4v) is 9.85. The van der Waals surface area contributed by atoms with Crippen LogP contribution in [0.5, 0.6) is 0 Å². The molecule has 0 heterocycles. The quantitative estimate of drug-likeness (QED) is 0.0373. The van der Waals surface area contributed by atoms with Crippen LogP contribution in [-0.2, 0) is 19.1 Å². The number of allylic oxidation sites excluding steroid dienone is 30. The van der Waals surface area contributed by atoms with Crippen molar-refractivity contribution in [3.05, 3.63) is 182 Å². The SMILES string of the molecule is CC/C=C\C/C=C\C/C=C\C/C=C\C/C=C\C/C=C\C/C=C\C/C=C\C/C=C\CCCCCCCC(=O)OC(CO)COC(=O)CCCCCCCCCCCCCCCCCCCCCCCC/C=C\C/C=C\C/C=C\C/C=C\C/C=C\C/C=C\CC. The van der Waals surface area contributed by atoms with Crippen molar-refractivity contribution in [1.29, 1.82) is 0 Å². The average Bonchev–Trinajstić information content (AvgIpc) is 3.56. The molecule has 0 aliphatic carbocycles. The van der Waals surface area contributed by atoms with Crippen molar-refractivity contribution >= 4 is 11.9 Å². The van der Waals surface area contributed by atoms with Crippen LogP contribution in [0.2, 0.25) is 0 Å². The maximum Gasteiger partial charge on any atom is 0.306 e. The summed E-state index contributed by atoms with van der Waals surface area (Å²) in [4.78, 5) is 24.7. The monoisotopic (exact) mass is 1210 g/mol. The van der Waals surface area contributed by atoms with E-state index < -0.39 is 6.10 Å². The van der Waals surface area contributed by atoms with Gasteiger partial charge >= 0.3 is 11.9 Å². The summed E-state index contributed by atoms with van der Waals surface area (Å²) < 4.78 is 10.7. The zero-order chi connectivity index (χ0) is 63.3. The number of unbranched alkanes of at least 4 members (excludes halogenated alkanes) is 27. The number of rotatable bonds is 65. The molecule has 0 bridgehead atoms. The van der Waals surface area contributed by atoms with Gasteiger partial charge in [0.25, 0.3) is 0 Å². The number of hydrogen-bond donors (Lipinski definition) is 1. The minimum Gasteiger partial charge on any atom is -0.462 e. The molecule has 0 amide bonds. The van der Waals surface area contributed by atoms with Crippen LogP contribution in [0.25, 0.3) is 0 Å². The second-order valence-electron chi connectivity index (χ2n) is 23.6. The minimum atomic E-state index is -0.795. The molecule has 0 spiro atoms. The van der Waals surface area contributed by atoms with Gasteiger partial charge in [0, 0.05) is 12.8 Å². The van der Waals surface area contributed by atoms with Crippen LogP contribution in [0.1, 0.15) is 309 Å². The van der Waals surface area contributed by atoms with Crippen LogP contribution in [0.3, 0.4) is 0 Å². The van der Waals surface area contributed by atoms with E-state index in [9.17, 15) is 14.7 Å². The Bertz CT molecular complexity index is 1960. The minimum absolute atomic E-state index is 0.0814. The van der Waals surface area contributed by atoms with Gasteiger partial charge in [-0.3, -0.25) is 9.59 Å². The summed E-state index contributed by atoms with van der Waals surface area (Å²) >= 11 is 0. The van der Waals surface area contributed by atoms with Crippen LogP contribution in [0.15, 0.2) is 182 Å². The van der Waals surface area contributed by atoms with Gasteiger partial charge in [-0.25, -0.2) is 0 Å². The van der Waals surface area contributed by atoms with Crippen molar-refractivity contribution < 1.29 is 24.2 Å². The highest BCUT2D eigenvalue weighted by atomic mass is 16.6. The Morgan fingerprint density at radius 2 is 0.455 bits per heavy atom. The lowest BCUT2D eigenvalue weighted by Gasteiger charge is -2.15. The maximum atomic E-state index is 12.4. The molecule has 0 aromatic rings. The van der Waals surface area contributed by atoms with Gasteiger partial charge in [0.15, 0.2) is 6.10 Å². The number of esters is 2. The number of aliphatic hydroxyl groups excluding tert-OH is 1. The molecule has 0 radical (unpaired) electrons. The standard InChI is InChI=1S/C83H134O5/c1-3-5-7-9-11-13-15-17-19-21-23-25-27-29-31-33-35-37-38-39-40-41-42-43-44-46-47-49-51-53-55-57-59-61-63-65-67-69-71-73-75-77-82(85)87-80-81(79-84)88-83(86)78-76-74-72-70-68-66-64-62-60-58-56-54-52-50-48-45-36-34-32-30-28-26-24-22-20-18-16-14-12-10-8-6-4-2/h5-8,11-14,17-20,23-26,29-32,35-37,45,50,52,56,58,62,64,81,84H,3-4,9-10,15-16,21-22,27-28,33-34,38-44,46-49,51,53-55,57,59-61,63,65-80H2,1-2H3/b7-5-,8-6-,13-11-,14-12-,19-17-,20-18-,25-23-,26-24-,31-29-,32-30-,37-35-,45-36-,52-50-,58-56-,64-62-. The Labute approximate surface area is 544 Å².